The maximum Gasteiger partial charge on any atom is 0.404 e. The van der Waals surface area contributed by atoms with E-state index in [0.717, 1.165) is 0 Å². The van der Waals surface area contributed by atoms with Crippen LogP contribution in [0.25, 0.3) is 10.9 Å². The Morgan fingerprint density at radius 2 is 2.16 bits per heavy atom. The number of benzene rings is 2. The molecule has 0 radical (unpaired) electrons. The summed E-state index contributed by atoms with van der Waals surface area (Å²) in [5.74, 6) is -0.700. The van der Waals surface area contributed by atoms with Gasteiger partial charge >= 0.3 is 11.8 Å². The molecule has 13 heteroatoms. The lowest BCUT2D eigenvalue weighted by Crippen LogP contribution is -2.35. The number of nitrogens with zero attached hydrogens (tertiary/aromatic N) is 3. The molecular formula is C18H14BrClFN5O5. The first kappa shape index (κ1) is 22.4. The maximum atomic E-state index is 14.4. The van der Waals surface area contributed by atoms with Gasteiger partial charge in [-0.15, -0.1) is 0 Å². The number of aromatic nitrogens is 2. The van der Waals surface area contributed by atoms with Gasteiger partial charge in [-0.05, 0) is 35.0 Å². The van der Waals surface area contributed by atoms with E-state index in [9.17, 15) is 19.3 Å². The van der Waals surface area contributed by atoms with E-state index in [1.54, 1.807) is 6.92 Å². The molecular weight excluding hydrogens is 501 g/mol. The number of hydrogen-bond acceptors (Lipinski definition) is 7. The molecule has 0 aliphatic rings. The molecule has 3 aromatic rings. The SMILES string of the molecule is C[C@H](COc1cc2ncnc(Nc3ccc(Br)c(Cl)c3F)c2cc1[N+](=O)[O-])NC(=O)O. The molecule has 3 rings (SSSR count). The van der Waals surface area contributed by atoms with E-state index in [1.807, 2.05) is 0 Å². The van der Waals surface area contributed by atoms with Crippen LogP contribution >= 0.6 is 27.5 Å². The van der Waals surface area contributed by atoms with E-state index >= 15 is 0 Å². The second kappa shape index (κ2) is 9.27. The normalized spacial score (nSPS) is 11.7. The largest absolute Gasteiger partial charge is 0.485 e. The molecule has 0 aliphatic heterocycles. The zero-order valence-corrected chi connectivity index (χ0v) is 18.1. The van der Waals surface area contributed by atoms with Crippen molar-refractivity contribution in [2.75, 3.05) is 11.9 Å². The van der Waals surface area contributed by atoms with Crippen LogP contribution < -0.4 is 15.4 Å². The van der Waals surface area contributed by atoms with Crippen LogP contribution in [0, 0.1) is 15.9 Å². The number of hydrogen-bond donors (Lipinski definition) is 3. The van der Waals surface area contributed by atoms with Crippen LogP contribution in [0.5, 0.6) is 5.75 Å². The predicted molar refractivity (Wildman–Crippen MR) is 115 cm³/mol. The fourth-order valence-electron chi connectivity index (χ4n) is 2.65. The van der Waals surface area contributed by atoms with Gasteiger partial charge in [-0.25, -0.2) is 19.2 Å². The molecule has 0 unspecified atom stereocenters. The Morgan fingerprint density at radius 1 is 1.42 bits per heavy atom. The number of rotatable bonds is 7. The number of nitro benzene ring substituents is 1. The lowest BCUT2D eigenvalue weighted by Gasteiger charge is -2.14. The molecule has 0 aliphatic carbocycles. The van der Waals surface area contributed by atoms with Crippen molar-refractivity contribution >= 4 is 61.7 Å². The highest BCUT2D eigenvalue weighted by molar-refractivity contribution is 9.10. The molecule has 0 saturated carbocycles. The summed E-state index contributed by atoms with van der Waals surface area (Å²) < 4.78 is 20.3. The monoisotopic (exact) mass is 513 g/mol. The van der Waals surface area contributed by atoms with Crippen LogP contribution in [0.15, 0.2) is 35.1 Å². The summed E-state index contributed by atoms with van der Waals surface area (Å²) in [7, 11) is 0. The van der Waals surface area contributed by atoms with Crippen LogP contribution in [0.2, 0.25) is 5.02 Å². The molecule has 1 heterocycles. The summed E-state index contributed by atoms with van der Waals surface area (Å²) in [5, 5.41) is 25.4. The molecule has 3 N–H and O–H groups in total. The summed E-state index contributed by atoms with van der Waals surface area (Å²) >= 11 is 9.03. The highest BCUT2D eigenvalue weighted by atomic mass is 79.9. The summed E-state index contributed by atoms with van der Waals surface area (Å²) in [4.78, 5) is 29.7. The third-order valence-corrected chi connectivity index (χ3v) is 5.32. The first-order valence-corrected chi connectivity index (χ1v) is 9.80. The molecule has 162 valence electrons. The Bertz CT molecular complexity index is 1180. The Hall–Kier alpha value is -3.25. The summed E-state index contributed by atoms with van der Waals surface area (Å²) in [6.07, 6.45) is -0.0411. The molecule has 0 fully saturated rings. The highest BCUT2D eigenvalue weighted by Gasteiger charge is 2.21. The van der Waals surface area contributed by atoms with Gasteiger partial charge in [0.25, 0.3) is 0 Å². The minimum absolute atomic E-state index is 0.0183. The number of halogens is 3. The number of nitro groups is 1. The number of amides is 1. The van der Waals surface area contributed by atoms with Crippen LogP contribution in [0.1, 0.15) is 6.92 Å². The van der Waals surface area contributed by atoms with E-state index < -0.39 is 22.9 Å². The summed E-state index contributed by atoms with van der Waals surface area (Å²) in [6, 6.07) is 4.89. The van der Waals surface area contributed by atoms with Crippen LogP contribution in [-0.4, -0.2) is 38.7 Å². The smallest absolute Gasteiger partial charge is 0.404 e. The highest BCUT2D eigenvalue weighted by Crippen LogP contribution is 2.36. The van der Waals surface area contributed by atoms with Crippen molar-refractivity contribution in [3.05, 3.63) is 56.0 Å². The predicted octanol–water partition coefficient (Wildman–Crippen LogP) is 4.87. The lowest BCUT2D eigenvalue weighted by atomic mass is 10.2. The average molecular weight is 515 g/mol. The van der Waals surface area contributed by atoms with Gasteiger partial charge in [-0.2, -0.15) is 0 Å². The topological polar surface area (TPSA) is 140 Å². The molecule has 2 aromatic carbocycles. The molecule has 0 saturated heterocycles. The number of carboxylic acid groups (broad SMARTS) is 1. The van der Waals surface area contributed by atoms with Crippen molar-refractivity contribution in [1.29, 1.82) is 0 Å². The fraction of sp³-hybridized carbons (Fsp3) is 0.167. The first-order chi connectivity index (χ1) is 14.7. The van der Waals surface area contributed by atoms with E-state index in [2.05, 4.69) is 36.5 Å². The van der Waals surface area contributed by atoms with Crippen LogP contribution in [0.4, 0.5) is 26.4 Å². The quantitative estimate of drug-likeness (QED) is 0.230. The number of anilines is 2. The summed E-state index contributed by atoms with van der Waals surface area (Å²) in [5.41, 5.74) is -0.0764. The van der Waals surface area contributed by atoms with Gasteiger partial charge in [0.05, 0.1) is 32.6 Å². The molecule has 0 bridgehead atoms. The molecule has 1 atom stereocenters. The average Bonchev–Trinajstić information content (AvgIpc) is 2.71. The van der Waals surface area contributed by atoms with Gasteiger partial charge in [0.15, 0.2) is 11.6 Å². The van der Waals surface area contributed by atoms with Crippen LogP contribution in [-0.2, 0) is 0 Å². The van der Waals surface area contributed by atoms with Gasteiger partial charge < -0.3 is 20.5 Å². The number of nitrogens with one attached hydrogen (secondary N) is 2. The molecule has 10 nitrogen and oxygen atoms in total. The standard InChI is InChI=1S/C18H14BrClFN5O5/c1-8(24-18(27)28)6-31-14-5-12-9(4-13(14)26(29)30)17(23-7-22-12)25-11-3-2-10(19)15(20)16(11)21/h2-5,7-8,24H,6H2,1H3,(H,27,28)(H,22,23,25)/t8-/m1/s1. The molecule has 0 spiro atoms. The zero-order chi connectivity index (χ0) is 22.7. The molecule has 1 amide bonds. The van der Waals surface area contributed by atoms with Crippen molar-refractivity contribution in [1.82, 2.24) is 15.3 Å². The van der Waals surface area contributed by atoms with E-state index in [-0.39, 0.29) is 40.0 Å². The third kappa shape index (κ3) is 5.09. The second-order valence-corrected chi connectivity index (χ2v) is 7.56. The second-order valence-electron chi connectivity index (χ2n) is 6.33. The maximum absolute atomic E-state index is 14.4. The Labute approximate surface area is 187 Å². The van der Waals surface area contributed by atoms with Crippen molar-refractivity contribution < 1.29 is 24.0 Å². The number of fused-ring (bicyclic) bond motifs is 1. The number of carbonyl (C=O) groups is 1. The summed E-state index contributed by atoms with van der Waals surface area (Å²) in [6.45, 7) is 1.40. The van der Waals surface area contributed by atoms with Crippen molar-refractivity contribution in [2.24, 2.45) is 0 Å². The minimum atomic E-state index is -1.24. The first-order valence-electron chi connectivity index (χ1n) is 8.63. The Kier molecular flexibility index (Phi) is 6.71. The molecule has 31 heavy (non-hydrogen) atoms. The van der Waals surface area contributed by atoms with Gasteiger partial charge in [-0.1, -0.05) is 11.6 Å². The van der Waals surface area contributed by atoms with Crippen molar-refractivity contribution in [3.63, 3.8) is 0 Å². The van der Waals surface area contributed by atoms with Gasteiger partial charge in [0, 0.05) is 16.6 Å². The van der Waals surface area contributed by atoms with E-state index in [4.69, 9.17) is 21.4 Å². The van der Waals surface area contributed by atoms with Crippen LogP contribution in [0.3, 0.4) is 0 Å². The van der Waals surface area contributed by atoms with Gasteiger partial charge in [0.2, 0.25) is 0 Å². The van der Waals surface area contributed by atoms with Crippen molar-refractivity contribution in [3.8, 4) is 5.75 Å². The van der Waals surface area contributed by atoms with E-state index in [1.165, 1.54) is 30.6 Å². The fourth-order valence-corrected chi connectivity index (χ4v) is 3.12. The number of ether oxygens (including phenoxy) is 1. The Morgan fingerprint density at radius 3 is 2.84 bits per heavy atom. The minimum Gasteiger partial charge on any atom is -0.485 e. The lowest BCUT2D eigenvalue weighted by molar-refractivity contribution is -0.385. The van der Waals surface area contributed by atoms with Crippen molar-refractivity contribution in [2.45, 2.75) is 13.0 Å². The Balaban J connectivity index is 1.99. The third-order valence-electron chi connectivity index (χ3n) is 4.06. The van der Waals surface area contributed by atoms with E-state index in [0.29, 0.717) is 9.99 Å². The van der Waals surface area contributed by atoms with Gasteiger partial charge in [-0.3, -0.25) is 10.1 Å². The van der Waals surface area contributed by atoms with Gasteiger partial charge in [0.1, 0.15) is 18.8 Å². The molecule has 1 aromatic heterocycles. The zero-order valence-electron chi connectivity index (χ0n) is 15.7.